The van der Waals surface area contributed by atoms with Crippen molar-refractivity contribution >= 4 is 11.4 Å². The normalized spacial score (nSPS) is 11.3. The maximum atomic E-state index is 12.3. The molecule has 0 fully saturated rings. The van der Waals surface area contributed by atoms with E-state index in [0.29, 0.717) is 18.0 Å². The minimum absolute atomic E-state index is 0.0514. The van der Waals surface area contributed by atoms with E-state index in [-0.39, 0.29) is 5.91 Å². The van der Waals surface area contributed by atoms with Crippen molar-refractivity contribution in [2.45, 2.75) is 33.2 Å². The first-order chi connectivity index (χ1) is 11.0. The van der Waals surface area contributed by atoms with Gasteiger partial charge in [0.1, 0.15) is 5.82 Å². The van der Waals surface area contributed by atoms with Gasteiger partial charge in [-0.25, -0.2) is 4.98 Å². The van der Waals surface area contributed by atoms with Crippen LogP contribution < -0.4 is 5.32 Å². The molecule has 3 aromatic rings. The number of aromatic nitrogens is 3. The Kier molecular flexibility index (Phi) is 4.19. The number of carbonyl (C=O) groups is 1. The third-order valence-corrected chi connectivity index (χ3v) is 3.89. The SMILES string of the molecule is Cc1cc2ccc(C(=O)NCCn3ccnc3C(C)C)cn2c1. The largest absolute Gasteiger partial charge is 0.350 e. The van der Waals surface area contributed by atoms with Crippen LogP contribution in [0.5, 0.6) is 0 Å². The fourth-order valence-corrected chi connectivity index (χ4v) is 2.79. The maximum absolute atomic E-state index is 12.3. The van der Waals surface area contributed by atoms with Gasteiger partial charge in [0.2, 0.25) is 0 Å². The molecule has 0 aromatic carbocycles. The maximum Gasteiger partial charge on any atom is 0.252 e. The molecule has 3 aromatic heterocycles. The Balaban J connectivity index is 1.63. The van der Waals surface area contributed by atoms with Crippen LogP contribution >= 0.6 is 0 Å². The fourth-order valence-electron chi connectivity index (χ4n) is 2.79. The molecule has 0 saturated carbocycles. The highest BCUT2D eigenvalue weighted by Gasteiger charge is 2.09. The lowest BCUT2D eigenvalue weighted by molar-refractivity contribution is 0.0951. The number of amides is 1. The Morgan fingerprint density at radius 3 is 2.91 bits per heavy atom. The quantitative estimate of drug-likeness (QED) is 0.787. The molecule has 0 aliphatic rings. The van der Waals surface area contributed by atoms with Crippen LogP contribution in [0.25, 0.3) is 5.52 Å². The highest BCUT2D eigenvalue weighted by Crippen LogP contribution is 2.12. The average molecular weight is 310 g/mol. The Morgan fingerprint density at radius 2 is 2.13 bits per heavy atom. The van der Waals surface area contributed by atoms with Gasteiger partial charge in [0.05, 0.1) is 5.56 Å². The van der Waals surface area contributed by atoms with Gasteiger partial charge in [-0.1, -0.05) is 13.8 Å². The van der Waals surface area contributed by atoms with Crippen molar-refractivity contribution in [1.82, 2.24) is 19.3 Å². The molecule has 1 N–H and O–H groups in total. The van der Waals surface area contributed by atoms with Crippen LogP contribution in [-0.2, 0) is 6.54 Å². The van der Waals surface area contributed by atoms with Gasteiger partial charge < -0.3 is 14.3 Å². The van der Waals surface area contributed by atoms with Crippen molar-refractivity contribution in [1.29, 1.82) is 0 Å². The van der Waals surface area contributed by atoms with Crippen molar-refractivity contribution in [3.63, 3.8) is 0 Å². The average Bonchev–Trinajstić information content (AvgIpc) is 3.11. The number of carbonyl (C=O) groups excluding carboxylic acids is 1. The van der Waals surface area contributed by atoms with E-state index in [9.17, 15) is 4.79 Å². The van der Waals surface area contributed by atoms with Gasteiger partial charge in [-0.05, 0) is 30.7 Å². The van der Waals surface area contributed by atoms with Crippen LogP contribution in [0.3, 0.4) is 0 Å². The molecule has 0 bridgehead atoms. The van der Waals surface area contributed by atoms with E-state index in [0.717, 1.165) is 17.9 Å². The zero-order valence-corrected chi connectivity index (χ0v) is 13.8. The number of nitrogens with one attached hydrogen (secondary N) is 1. The van der Waals surface area contributed by atoms with E-state index >= 15 is 0 Å². The summed E-state index contributed by atoms with van der Waals surface area (Å²) in [5, 5.41) is 2.97. The van der Waals surface area contributed by atoms with E-state index in [4.69, 9.17) is 0 Å². The van der Waals surface area contributed by atoms with Crippen LogP contribution in [0, 0.1) is 6.92 Å². The Morgan fingerprint density at radius 1 is 1.30 bits per heavy atom. The summed E-state index contributed by atoms with van der Waals surface area (Å²) in [5.41, 5.74) is 2.95. The van der Waals surface area contributed by atoms with Crippen LogP contribution in [0.2, 0.25) is 0 Å². The van der Waals surface area contributed by atoms with E-state index in [1.807, 2.05) is 42.0 Å². The summed E-state index contributed by atoms with van der Waals surface area (Å²) >= 11 is 0. The minimum Gasteiger partial charge on any atom is -0.350 e. The van der Waals surface area contributed by atoms with Gasteiger partial charge in [-0.15, -0.1) is 0 Å². The summed E-state index contributed by atoms with van der Waals surface area (Å²) in [5.74, 6) is 1.37. The molecule has 0 unspecified atom stereocenters. The lowest BCUT2D eigenvalue weighted by atomic mass is 10.2. The van der Waals surface area contributed by atoms with E-state index in [2.05, 4.69) is 34.8 Å². The number of nitrogens with zero attached hydrogens (tertiary/aromatic N) is 3. The smallest absolute Gasteiger partial charge is 0.252 e. The van der Waals surface area contributed by atoms with E-state index < -0.39 is 0 Å². The van der Waals surface area contributed by atoms with Gasteiger partial charge in [0.15, 0.2) is 0 Å². The highest BCUT2D eigenvalue weighted by atomic mass is 16.1. The monoisotopic (exact) mass is 310 g/mol. The second-order valence-corrected chi connectivity index (χ2v) is 6.16. The summed E-state index contributed by atoms with van der Waals surface area (Å²) in [6.45, 7) is 7.59. The van der Waals surface area contributed by atoms with Gasteiger partial charge in [-0.3, -0.25) is 4.79 Å². The number of hydrogen-bond acceptors (Lipinski definition) is 2. The Labute approximate surface area is 136 Å². The first-order valence-electron chi connectivity index (χ1n) is 7.92. The van der Waals surface area contributed by atoms with Crippen molar-refractivity contribution in [2.24, 2.45) is 0 Å². The molecule has 0 saturated heterocycles. The number of rotatable bonds is 5. The van der Waals surface area contributed by atoms with Crippen molar-refractivity contribution in [2.75, 3.05) is 6.54 Å². The number of fused-ring (bicyclic) bond motifs is 1. The van der Waals surface area contributed by atoms with E-state index in [1.165, 1.54) is 5.56 Å². The van der Waals surface area contributed by atoms with Crippen LogP contribution in [0.15, 0.2) is 43.0 Å². The lowest BCUT2D eigenvalue weighted by Crippen LogP contribution is -2.27. The first kappa shape index (κ1) is 15.3. The molecule has 0 radical (unpaired) electrons. The fraction of sp³-hybridized carbons (Fsp3) is 0.333. The predicted molar refractivity (Wildman–Crippen MR) is 90.8 cm³/mol. The molecule has 0 spiro atoms. The minimum atomic E-state index is -0.0514. The highest BCUT2D eigenvalue weighted by molar-refractivity contribution is 5.94. The summed E-state index contributed by atoms with van der Waals surface area (Å²) in [6.07, 6.45) is 7.65. The number of aryl methyl sites for hydroxylation is 1. The van der Waals surface area contributed by atoms with Crippen molar-refractivity contribution < 1.29 is 4.79 Å². The third-order valence-electron chi connectivity index (χ3n) is 3.89. The van der Waals surface area contributed by atoms with Crippen LogP contribution in [0.1, 0.15) is 41.5 Å². The summed E-state index contributed by atoms with van der Waals surface area (Å²) in [6, 6.07) is 5.92. The van der Waals surface area contributed by atoms with Gasteiger partial charge in [0, 0.05) is 49.3 Å². The standard InChI is InChI=1S/C18H22N4O/c1-13(2)17-19-6-8-21(17)9-7-20-18(23)15-4-5-16-10-14(3)11-22(16)12-15/h4-6,8,10-13H,7,9H2,1-3H3,(H,20,23). The molecule has 120 valence electrons. The summed E-state index contributed by atoms with van der Waals surface area (Å²) < 4.78 is 4.07. The number of hydrogen-bond donors (Lipinski definition) is 1. The van der Waals surface area contributed by atoms with Gasteiger partial charge in [-0.2, -0.15) is 0 Å². The topological polar surface area (TPSA) is 51.3 Å². The molecule has 5 heteroatoms. The zero-order valence-electron chi connectivity index (χ0n) is 13.8. The van der Waals surface area contributed by atoms with Crippen molar-refractivity contribution in [3.8, 4) is 0 Å². The molecule has 0 aliphatic heterocycles. The number of pyridine rings is 1. The third kappa shape index (κ3) is 3.28. The lowest BCUT2D eigenvalue weighted by Gasteiger charge is -2.11. The predicted octanol–water partition coefficient (Wildman–Crippen LogP) is 3.00. The molecule has 3 rings (SSSR count). The van der Waals surface area contributed by atoms with Crippen LogP contribution in [-0.4, -0.2) is 26.4 Å². The molecule has 5 nitrogen and oxygen atoms in total. The Bertz CT molecular complexity index is 829. The van der Waals surface area contributed by atoms with Crippen LogP contribution in [0.4, 0.5) is 0 Å². The van der Waals surface area contributed by atoms with Gasteiger partial charge in [0.25, 0.3) is 5.91 Å². The number of imidazole rings is 1. The molecule has 23 heavy (non-hydrogen) atoms. The summed E-state index contributed by atoms with van der Waals surface area (Å²) in [4.78, 5) is 16.6. The molecular weight excluding hydrogens is 288 g/mol. The van der Waals surface area contributed by atoms with E-state index in [1.54, 1.807) is 6.20 Å². The zero-order chi connectivity index (χ0) is 16.4. The molecule has 1 amide bonds. The first-order valence-corrected chi connectivity index (χ1v) is 7.92. The molecular formula is C18H22N4O. The van der Waals surface area contributed by atoms with Crippen molar-refractivity contribution in [3.05, 3.63) is 59.9 Å². The second kappa shape index (κ2) is 6.28. The second-order valence-electron chi connectivity index (χ2n) is 6.16. The van der Waals surface area contributed by atoms with Gasteiger partial charge >= 0.3 is 0 Å². The molecule has 0 aliphatic carbocycles. The molecule has 3 heterocycles. The molecule has 0 atom stereocenters. The summed E-state index contributed by atoms with van der Waals surface area (Å²) in [7, 11) is 0. The Hall–Kier alpha value is -2.56.